The number of hydrogen-bond donors (Lipinski definition) is 0. The predicted octanol–water partition coefficient (Wildman–Crippen LogP) is 4.88. The summed E-state index contributed by atoms with van der Waals surface area (Å²) in [5.74, 6) is -0.0392. The first-order valence-corrected chi connectivity index (χ1v) is 9.53. The molecule has 0 amide bonds. The predicted molar refractivity (Wildman–Crippen MR) is 105 cm³/mol. The number of carbonyl (C=O) groups excluding carboxylic acids is 1. The van der Waals surface area contributed by atoms with E-state index < -0.39 is 5.60 Å². The molecule has 0 aromatic heterocycles. The number of likely N-dealkylation sites (tertiary alicyclic amines) is 1. The van der Waals surface area contributed by atoms with E-state index in [1.165, 1.54) is 0 Å². The molecule has 3 nitrogen and oxygen atoms in total. The van der Waals surface area contributed by atoms with Gasteiger partial charge in [-0.1, -0.05) is 55.5 Å². The third kappa shape index (κ3) is 3.54. The molecular formula is C23H29NO2. The molecule has 1 saturated heterocycles. The number of carbonyl (C=O) groups is 1. The summed E-state index contributed by atoms with van der Waals surface area (Å²) in [4.78, 5) is 15.4. The van der Waals surface area contributed by atoms with Crippen molar-refractivity contribution in [2.45, 2.75) is 51.8 Å². The van der Waals surface area contributed by atoms with Crippen LogP contribution in [0.5, 0.6) is 0 Å². The van der Waals surface area contributed by atoms with Crippen LogP contribution in [-0.2, 0) is 10.3 Å². The lowest BCUT2D eigenvalue weighted by Crippen LogP contribution is -2.56. The standard InChI is InChI=1S/C23H29NO2/c1-17(2)24-16-18(3)23(15-19(24)4,21-13-9-6-10-14-21)26-22(25)20-11-7-5-8-12-20/h5-14,17-19H,15-16H2,1-4H3. The number of ether oxygens (including phenoxy) is 1. The Labute approximate surface area is 157 Å². The average Bonchev–Trinajstić information content (AvgIpc) is 2.65. The van der Waals surface area contributed by atoms with Crippen LogP contribution in [0.25, 0.3) is 0 Å². The first kappa shape index (κ1) is 18.7. The zero-order chi connectivity index (χ0) is 18.7. The van der Waals surface area contributed by atoms with Gasteiger partial charge in [0.05, 0.1) is 5.56 Å². The maximum Gasteiger partial charge on any atom is 0.339 e. The van der Waals surface area contributed by atoms with Gasteiger partial charge < -0.3 is 4.74 Å². The fourth-order valence-electron chi connectivity index (χ4n) is 4.24. The molecule has 0 radical (unpaired) electrons. The molecule has 3 unspecified atom stereocenters. The summed E-state index contributed by atoms with van der Waals surface area (Å²) in [7, 11) is 0. The number of piperidine rings is 1. The number of benzene rings is 2. The van der Waals surface area contributed by atoms with Crippen molar-refractivity contribution in [3.63, 3.8) is 0 Å². The Balaban J connectivity index is 1.97. The van der Waals surface area contributed by atoms with Gasteiger partial charge in [-0.3, -0.25) is 4.90 Å². The molecule has 2 aromatic carbocycles. The fourth-order valence-corrected chi connectivity index (χ4v) is 4.24. The molecule has 26 heavy (non-hydrogen) atoms. The Hall–Kier alpha value is -2.13. The van der Waals surface area contributed by atoms with Crippen molar-refractivity contribution in [1.82, 2.24) is 4.90 Å². The average molecular weight is 351 g/mol. The van der Waals surface area contributed by atoms with Crippen molar-refractivity contribution in [2.75, 3.05) is 6.54 Å². The molecule has 0 spiro atoms. The summed E-state index contributed by atoms with van der Waals surface area (Å²) in [5, 5.41) is 0. The molecule has 2 aromatic rings. The van der Waals surface area contributed by atoms with Crippen LogP contribution in [0.3, 0.4) is 0 Å². The highest BCUT2D eigenvalue weighted by atomic mass is 16.6. The van der Waals surface area contributed by atoms with E-state index in [4.69, 9.17) is 4.74 Å². The third-order valence-electron chi connectivity index (χ3n) is 5.66. The zero-order valence-corrected chi connectivity index (χ0v) is 16.2. The van der Waals surface area contributed by atoms with Crippen LogP contribution in [0.15, 0.2) is 60.7 Å². The second kappa shape index (κ2) is 7.63. The molecular weight excluding hydrogens is 322 g/mol. The van der Waals surface area contributed by atoms with Crippen LogP contribution in [-0.4, -0.2) is 29.5 Å². The van der Waals surface area contributed by atoms with Crippen molar-refractivity contribution >= 4 is 5.97 Å². The van der Waals surface area contributed by atoms with Crippen LogP contribution < -0.4 is 0 Å². The van der Waals surface area contributed by atoms with E-state index in [0.29, 0.717) is 17.6 Å². The van der Waals surface area contributed by atoms with Crippen LogP contribution >= 0.6 is 0 Å². The maximum absolute atomic E-state index is 12.9. The molecule has 0 saturated carbocycles. The zero-order valence-electron chi connectivity index (χ0n) is 16.2. The van der Waals surface area contributed by atoms with Crippen molar-refractivity contribution in [1.29, 1.82) is 0 Å². The molecule has 3 heteroatoms. The van der Waals surface area contributed by atoms with Gasteiger partial charge in [0.1, 0.15) is 5.60 Å². The highest BCUT2D eigenvalue weighted by Gasteiger charge is 2.48. The largest absolute Gasteiger partial charge is 0.450 e. The van der Waals surface area contributed by atoms with Gasteiger partial charge in [0.2, 0.25) is 0 Å². The highest BCUT2D eigenvalue weighted by Crippen LogP contribution is 2.44. The van der Waals surface area contributed by atoms with E-state index in [1.54, 1.807) is 0 Å². The Kier molecular flexibility index (Phi) is 5.47. The minimum absolute atomic E-state index is 0.205. The van der Waals surface area contributed by atoms with E-state index in [-0.39, 0.29) is 11.9 Å². The monoisotopic (exact) mass is 351 g/mol. The van der Waals surface area contributed by atoms with Gasteiger partial charge in [-0.2, -0.15) is 0 Å². The molecule has 138 valence electrons. The van der Waals surface area contributed by atoms with Gasteiger partial charge in [-0.15, -0.1) is 0 Å². The second-order valence-electron chi connectivity index (χ2n) is 7.76. The second-order valence-corrected chi connectivity index (χ2v) is 7.76. The molecule has 0 bridgehead atoms. The topological polar surface area (TPSA) is 29.5 Å². The van der Waals surface area contributed by atoms with E-state index in [2.05, 4.69) is 44.7 Å². The summed E-state index contributed by atoms with van der Waals surface area (Å²) in [6.07, 6.45) is 0.801. The molecule has 3 rings (SSSR count). The minimum atomic E-state index is -0.598. The summed E-state index contributed by atoms with van der Waals surface area (Å²) in [6.45, 7) is 9.81. The summed E-state index contributed by atoms with van der Waals surface area (Å²) in [5.41, 5.74) is 1.10. The molecule has 1 aliphatic rings. The van der Waals surface area contributed by atoms with Gasteiger partial charge in [0.15, 0.2) is 0 Å². The molecule has 3 atom stereocenters. The molecule has 1 heterocycles. The smallest absolute Gasteiger partial charge is 0.339 e. The molecule has 1 aliphatic heterocycles. The summed E-state index contributed by atoms with van der Waals surface area (Å²) < 4.78 is 6.30. The number of nitrogens with zero attached hydrogens (tertiary/aromatic N) is 1. The maximum atomic E-state index is 12.9. The Bertz CT molecular complexity index is 728. The van der Waals surface area contributed by atoms with Crippen LogP contribution in [0.4, 0.5) is 0 Å². The molecule has 0 aliphatic carbocycles. The number of hydrogen-bond acceptors (Lipinski definition) is 3. The van der Waals surface area contributed by atoms with E-state index in [9.17, 15) is 4.79 Å². The van der Waals surface area contributed by atoms with Gasteiger partial charge in [0, 0.05) is 31.0 Å². The Morgan fingerprint density at radius 1 is 1.04 bits per heavy atom. The van der Waals surface area contributed by atoms with Crippen molar-refractivity contribution in [2.24, 2.45) is 5.92 Å². The summed E-state index contributed by atoms with van der Waals surface area (Å²) >= 11 is 0. The highest BCUT2D eigenvalue weighted by molar-refractivity contribution is 5.89. The van der Waals surface area contributed by atoms with Crippen molar-refractivity contribution in [3.05, 3.63) is 71.8 Å². The van der Waals surface area contributed by atoms with Crippen LogP contribution in [0, 0.1) is 5.92 Å². The van der Waals surface area contributed by atoms with Gasteiger partial charge in [-0.25, -0.2) is 4.79 Å². The number of rotatable bonds is 4. The Morgan fingerprint density at radius 3 is 2.19 bits per heavy atom. The lowest BCUT2D eigenvalue weighted by Gasteiger charge is -2.50. The van der Waals surface area contributed by atoms with Gasteiger partial charge in [0.25, 0.3) is 0 Å². The van der Waals surface area contributed by atoms with Crippen molar-refractivity contribution in [3.8, 4) is 0 Å². The normalized spacial score (nSPS) is 26.7. The lowest BCUT2D eigenvalue weighted by molar-refractivity contribution is -0.109. The minimum Gasteiger partial charge on any atom is -0.450 e. The van der Waals surface area contributed by atoms with Gasteiger partial charge >= 0.3 is 5.97 Å². The first-order chi connectivity index (χ1) is 12.4. The van der Waals surface area contributed by atoms with E-state index >= 15 is 0 Å². The first-order valence-electron chi connectivity index (χ1n) is 9.53. The quantitative estimate of drug-likeness (QED) is 0.736. The lowest BCUT2D eigenvalue weighted by atomic mass is 9.73. The van der Waals surface area contributed by atoms with E-state index in [0.717, 1.165) is 18.5 Å². The Morgan fingerprint density at radius 2 is 1.62 bits per heavy atom. The van der Waals surface area contributed by atoms with Crippen LogP contribution in [0.1, 0.15) is 50.0 Å². The molecule has 0 N–H and O–H groups in total. The number of esters is 1. The SMILES string of the molecule is CC(C)N1CC(C)C(OC(=O)c2ccccc2)(c2ccccc2)CC1C. The summed E-state index contributed by atoms with van der Waals surface area (Å²) in [6, 6.07) is 20.4. The van der Waals surface area contributed by atoms with Gasteiger partial charge in [-0.05, 0) is 38.5 Å². The third-order valence-corrected chi connectivity index (χ3v) is 5.66. The molecule has 1 fully saturated rings. The fraction of sp³-hybridized carbons (Fsp3) is 0.435. The van der Waals surface area contributed by atoms with Crippen LogP contribution in [0.2, 0.25) is 0 Å². The van der Waals surface area contributed by atoms with E-state index in [1.807, 2.05) is 48.5 Å². The van der Waals surface area contributed by atoms with Crippen molar-refractivity contribution < 1.29 is 9.53 Å².